The summed E-state index contributed by atoms with van der Waals surface area (Å²) in [5.74, 6) is 0. The topological polar surface area (TPSA) is 55.3 Å². The van der Waals surface area contributed by atoms with Gasteiger partial charge in [0.05, 0.1) is 0 Å². The molecule has 0 aromatic heterocycles. The largest absolute Gasteiger partial charge is 0.344 e. The molecule has 1 saturated heterocycles. The second-order valence-electron chi connectivity index (χ2n) is 1.99. The van der Waals surface area contributed by atoms with Crippen LogP contribution in [-0.2, 0) is 16.8 Å². The Kier molecular flexibility index (Phi) is 9.70. The first-order valence-corrected chi connectivity index (χ1v) is 4.17. The van der Waals surface area contributed by atoms with E-state index in [2.05, 4.69) is 16.9 Å². The second-order valence-corrected chi connectivity index (χ2v) is 3.77. The molecule has 0 bridgehead atoms. The van der Waals surface area contributed by atoms with Crippen molar-refractivity contribution in [3.8, 4) is 0 Å². The van der Waals surface area contributed by atoms with Crippen LogP contribution in [-0.4, -0.2) is 21.8 Å². The minimum Gasteiger partial charge on any atom is -0.344 e. The molecule has 0 amide bonds. The van der Waals surface area contributed by atoms with Crippen molar-refractivity contribution in [1.82, 2.24) is 10.5 Å². The van der Waals surface area contributed by atoms with Gasteiger partial charge in [0, 0.05) is 41.8 Å². The molecule has 0 atom stereocenters. The van der Waals surface area contributed by atoms with Crippen LogP contribution in [0.25, 0.3) is 0 Å². The monoisotopic (exact) mass is 239 g/mol. The molecule has 1 aliphatic heterocycles. The van der Waals surface area contributed by atoms with Crippen LogP contribution in [0.2, 0.25) is 0 Å². The number of nitrogens with zero attached hydrogens (tertiary/aromatic N) is 1. The van der Waals surface area contributed by atoms with Crippen LogP contribution >= 0.6 is 24.6 Å². The number of rotatable bonds is 1. The van der Waals surface area contributed by atoms with Crippen molar-refractivity contribution >= 4 is 29.0 Å². The number of hydrogen-bond donors (Lipinski definition) is 2. The zero-order valence-electron chi connectivity index (χ0n) is 6.08. The van der Waals surface area contributed by atoms with Crippen molar-refractivity contribution in [3.05, 3.63) is 0 Å². The van der Waals surface area contributed by atoms with Gasteiger partial charge in [-0.25, -0.2) is 4.31 Å². The Morgan fingerprint density at radius 1 is 1.36 bits per heavy atom. The zero-order valence-corrected chi connectivity index (χ0v) is 8.83. The molecule has 0 aromatic carbocycles. The van der Waals surface area contributed by atoms with E-state index in [1.54, 1.807) is 0 Å². The number of hydrogen-bond acceptors (Lipinski definition) is 4. The first-order valence-electron chi connectivity index (χ1n) is 2.95. The summed E-state index contributed by atoms with van der Waals surface area (Å²) in [5, 5.41) is 0. The molecular weight excluding hydrogens is 227 g/mol. The van der Waals surface area contributed by atoms with Gasteiger partial charge in [0.1, 0.15) is 0 Å². The van der Waals surface area contributed by atoms with Gasteiger partial charge in [0.2, 0.25) is 0 Å². The molecule has 1 aliphatic rings. The number of carbonyl (C=O) groups is 1. The summed E-state index contributed by atoms with van der Waals surface area (Å²) in [5.41, 5.74) is 0. The Morgan fingerprint density at radius 2 is 1.82 bits per heavy atom. The van der Waals surface area contributed by atoms with Crippen molar-refractivity contribution in [2.45, 2.75) is 12.8 Å². The first-order chi connectivity index (χ1) is 4.29. The van der Waals surface area contributed by atoms with Crippen LogP contribution in [0.4, 0.5) is 4.79 Å². The molecule has 69 valence electrons. The van der Waals surface area contributed by atoms with Crippen LogP contribution in [0, 0.1) is 0 Å². The van der Waals surface area contributed by atoms with E-state index in [1.807, 2.05) is 0 Å². The molecule has 1 rings (SSSR count). The van der Waals surface area contributed by atoms with E-state index in [1.165, 1.54) is 24.8 Å². The van der Waals surface area contributed by atoms with Crippen LogP contribution < -0.4 is 6.15 Å². The Hall–Kier alpha value is 0.796. The molecule has 0 spiro atoms. The predicted molar refractivity (Wildman–Crippen MR) is 47.8 cm³/mol. The van der Waals surface area contributed by atoms with Crippen LogP contribution in [0.3, 0.4) is 0 Å². The molecule has 1 fully saturated rings. The molecular formula is C5H12CoN2OS2. The van der Waals surface area contributed by atoms with Gasteiger partial charge in [-0.15, -0.1) is 0 Å². The summed E-state index contributed by atoms with van der Waals surface area (Å²) in [7, 11) is 0. The average molecular weight is 239 g/mol. The Labute approximate surface area is 87.0 Å². The molecule has 11 heavy (non-hydrogen) atoms. The van der Waals surface area contributed by atoms with E-state index < -0.39 is 0 Å². The maximum absolute atomic E-state index is 10.4. The van der Waals surface area contributed by atoms with Gasteiger partial charge in [-0.1, -0.05) is 12.6 Å². The zero-order chi connectivity index (χ0) is 6.69. The SMILES string of the molecule is N.O=C(S)SN1CCCC1.[Co]. The van der Waals surface area contributed by atoms with Crippen molar-refractivity contribution in [2.24, 2.45) is 0 Å². The third kappa shape index (κ3) is 6.00. The van der Waals surface area contributed by atoms with Crippen molar-refractivity contribution in [3.63, 3.8) is 0 Å². The summed E-state index contributed by atoms with van der Waals surface area (Å²) in [6.45, 7) is 2.08. The molecule has 1 heterocycles. The number of thiol groups is 1. The van der Waals surface area contributed by atoms with E-state index >= 15 is 0 Å². The maximum atomic E-state index is 10.4. The van der Waals surface area contributed by atoms with E-state index in [0.29, 0.717) is 0 Å². The van der Waals surface area contributed by atoms with Crippen LogP contribution in [0.5, 0.6) is 0 Å². The molecule has 1 radical (unpaired) electrons. The molecule has 0 unspecified atom stereocenters. The third-order valence-electron chi connectivity index (χ3n) is 1.27. The summed E-state index contributed by atoms with van der Waals surface area (Å²) in [6, 6.07) is 0. The van der Waals surface area contributed by atoms with Gasteiger partial charge in [-0.2, -0.15) is 0 Å². The molecule has 0 aromatic rings. The van der Waals surface area contributed by atoms with Crippen molar-refractivity contribution in [1.29, 1.82) is 0 Å². The Balaban J connectivity index is 0. The van der Waals surface area contributed by atoms with Crippen molar-refractivity contribution in [2.75, 3.05) is 13.1 Å². The molecule has 6 heteroatoms. The van der Waals surface area contributed by atoms with Gasteiger partial charge in [-0.3, -0.25) is 4.79 Å². The molecule has 3 nitrogen and oxygen atoms in total. The molecule has 3 N–H and O–H groups in total. The van der Waals surface area contributed by atoms with Crippen molar-refractivity contribution < 1.29 is 21.6 Å². The van der Waals surface area contributed by atoms with Gasteiger partial charge >= 0.3 is 0 Å². The Morgan fingerprint density at radius 3 is 2.18 bits per heavy atom. The van der Waals surface area contributed by atoms with Crippen LogP contribution in [0.1, 0.15) is 12.8 Å². The summed E-state index contributed by atoms with van der Waals surface area (Å²) >= 11 is 4.88. The summed E-state index contributed by atoms with van der Waals surface area (Å²) in [4.78, 5) is 10.4. The van der Waals surface area contributed by atoms with E-state index in [9.17, 15) is 4.79 Å². The van der Waals surface area contributed by atoms with Gasteiger partial charge < -0.3 is 6.15 Å². The fraction of sp³-hybridized carbons (Fsp3) is 0.800. The standard InChI is InChI=1S/C5H9NOS2.Co.H3N/c7-5(8)9-6-3-1-2-4-6;;/h1-4H2,(H,7,8);;1H3. The van der Waals surface area contributed by atoms with E-state index in [0.717, 1.165) is 13.1 Å². The fourth-order valence-electron chi connectivity index (χ4n) is 0.890. The maximum Gasteiger partial charge on any atom is 0.258 e. The van der Waals surface area contributed by atoms with E-state index in [4.69, 9.17) is 0 Å². The quantitative estimate of drug-likeness (QED) is 0.542. The first kappa shape index (κ1) is 14.3. The average Bonchev–Trinajstić information content (AvgIpc) is 2.15. The van der Waals surface area contributed by atoms with Crippen LogP contribution in [0.15, 0.2) is 0 Å². The number of carbonyl (C=O) groups excluding carboxylic acids is 1. The van der Waals surface area contributed by atoms with Gasteiger partial charge in [0.15, 0.2) is 0 Å². The van der Waals surface area contributed by atoms with E-state index in [-0.39, 0.29) is 27.4 Å². The normalized spacial score (nSPS) is 16.8. The minimum atomic E-state index is -0.100. The second kappa shape index (κ2) is 7.45. The molecule has 0 aliphatic carbocycles. The fourth-order valence-corrected chi connectivity index (χ4v) is 1.90. The van der Waals surface area contributed by atoms with Gasteiger partial charge in [0.25, 0.3) is 4.45 Å². The Bertz CT molecular complexity index is 119. The minimum absolute atomic E-state index is 0. The van der Waals surface area contributed by atoms with Gasteiger partial charge in [-0.05, 0) is 12.8 Å². The summed E-state index contributed by atoms with van der Waals surface area (Å²) < 4.78 is 1.95. The summed E-state index contributed by atoms with van der Waals surface area (Å²) in [6.07, 6.45) is 2.43. The molecule has 0 saturated carbocycles. The predicted octanol–water partition coefficient (Wildman–Crippen LogP) is 1.94. The third-order valence-corrected chi connectivity index (χ3v) is 2.30. The smallest absolute Gasteiger partial charge is 0.258 e.